The fourth-order valence-electron chi connectivity index (χ4n) is 3.56. The first-order chi connectivity index (χ1) is 12.6. The zero-order valence-electron chi connectivity index (χ0n) is 17.0. The van der Waals surface area contributed by atoms with Gasteiger partial charge in [-0.05, 0) is 62.0 Å². The van der Waals surface area contributed by atoms with E-state index in [9.17, 15) is 5.11 Å². The molecule has 0 spiro atoms. The maximum atomic E-state index is 9.30. The number of guanidine groups is 1. The van der Waals surface area contributed by atoms with Crippen LogP contribution in [0.5, 0.6) is 0 Å². The molecule has 7 heteroatoms. The van der Waals surface area contributed by atoms with Gasteiger partial charge in [-0.2, -0.15) is 0 Å². The summed E-state index contributed by atoms with van der Waals surface area (Å²) in [7, 11) is 0. The number of rotatable bonds is 9. The monoisotopic (exact) mass is 508 g/mol. The highest BCUT2D eigenvalue weighted by atomic mass is 127. The molecule has 2 rings (SSSR count). The van der Waals surface area contributed by atoms with E-state index in [1.54, 1.807) is 0 Å². The van der Waals surface area contributed by atoms with Gasteiger partial charge in [-0.3, -0.25) is 4.99 Å². The number of nitrogens with zero attached hydrogens (tertiary/aromatic N) is 2. The van der Waals surface area contributed by atoms with E-state index in [1.807, 2.05) is 11.3 Å². The van der Waals surface area contributed by atoms with Gasteiger partial charge < -0.3 is 20.6 Å². The second kappa shape index (κ2) is 13.6. The number of halogens is 1. The Labute approximate surface area is 186 Å². The van der Waals surface area contributed by atoms with Gasteiger partial charge in [0.05, 0.1) is 5.00 Å². The van der Waals surface area contributed by atoms with Gasteiger partial charge in [0, 0.05) is 38.8 Å². The molecule has 1 atom stereocenters. The van der Waals surface area contributed by atoms with Crippen LogP contribution in [-0.2, 0) is 0 Å². The Kier molecular flexibility index (Phi) is 12.3. The zero-order valence-corrected chi connectivity index (χ0v) is 20.1. The van der Waals surface area contributed by atoms with Gasteiger partial charge in [0.2, 0.25) is 0 Å². The number of nitrogens with one attached hydrogen (secondary N) is 2. The quantitative estimate of drug-likeness (QED) is 0.269. The molecule has 1 saturated heterocycles. The van der Waals surface area contributed by atoms with Gasteiger partial charge in [0.25, 0.3) is 0 Å². The first kappa shape index (κ1) is 24.5. The van der Waals surface area contributed by atoms with Crippen molar-refractivity contribution in [3.05, 3.63) is 17.5 Å². The lowest BCUT2D eigenvalue weighted by Crippen LogP contribution is -2.48. The van der Waals surface area contributed by atoms with Crippen molar-refractivity contribution >= 4 is 46.3 Å². The van der Waals surface area contributed by atoms with Crippen molar-refractivity contribution in [2.45, 2.75) is 52.5 Å². The molecule has 0 aliphatic carbocycles. The van der Waals surface area contributed by atoms with E-state index >= 15 is 0 Å². The first-order valence-corrected chi connectivity index (χ1v) is 10.9. The van der Waals surface area contributed by atoms with Crippen LogP contribution in [-0.4, -0.2) is 49.9 Å². The maximum absolute atomic E-state index is 9.30. The Morgan fingerprint density at radius 2 is 2.11 bits per heavy atom. The van der Waals surface area contributed by atoms with Crippen LogP contribution in [0, 0.1) is 11.8 Å². The highest BCUT2D eigenvalue weighted by molar-refractivity contribution is 14.0. The van der Waals surface area contributed by atoms with Crippen molar-refractivity contribution in [3.8, 4) is 0 Å². The molecule has 27 heavy (non-hydrogen) atoms. The molecule has 2 heterocycles. The number of aliphatic hydroxyl groups is 1. The third-order valence-electron chi connectivity index (χ3n) is 4.85. The van der Waals surface area contributed by atoms with Crippen LogP contribution in [0.3, 0.4) is 0 Å². The Morgan fingerprint density at radius 3 is 2.67 bits per heavy atom. The fourth-order valence-corrected chi connectivity index (χ4v) is 4.35. The minimum Gasteiger partial charge on any atom is -0.396 e. The highest BCUT2D eigenvalue weighted by Crippen LogP contribution is 2.24. The molecule has 0 bridgehead atoms. The molecule has 1 aromatic rings. The molecule has 1 fully saturated rings. The number of piperidine rings is 1. The SMILES string of the molecule is CCNC(=NCC(CCO)CC(C)C)NC1CCN(c2cccs2)CC1.I. The Hall–Kier alpha value is -0.540. The second-order valence-electron chi connectivity index (χ2n) is 7.58. The van der Waals surface area contributed by atoms with Gasteiger partial charge in [-0.25, -0.2) is 0 Å². The van der Waals surface area contributed by atoms with Crippen LogP contribution in [0.25, 0.3) is 0 Å². The number of thiophene rings is 1. The smallest absolute Gasteiger partial charge is 0.191 e. The number of aliphatic hydroxyl groups excluding tert-OH is 1. The summed E-state index contributed by atoms with van der Waals surface area (Å²) >= 11 is 1.82. The van der Waals surface area contributed by atoms with Crippen molar-refractivity contribution in [3.63, 3.8) is 0 Å². The Bertz CT molecular complexity index is 516. The van der Waals surface area contributed by atoms with Crippen LogP contribution >= 0.6 is 35.3 Å². The number of anilines is 1. The average Bonchev–Trinajstić information content (AvgIpc) is 3.15. The fraction of sp³-hybridized carbons (Fsp3) is 0.750. The summed E-state index contributed by atoms with van der Waals surface area (Å²) < 4.78 is 0. The van der Waals surface area contributed by atoms with E-state index in [-0.39, 0.29) is 30.6 Å². The van der Waals surface area contributed by atoms with E-state index in [0.717, 1.165) is 57.8 Å². The first-order valence-electron chi connectivity index (χ1n) is 10.1. The van der Waals surface area contributed by atoms with E-state index in [4.69, 9.17) is 4.99 Å². The number of hydrogen-bond acceptors (Lipinski definition) is 4. The Balaban J connectivity index is 0.00000364. The molecule has 3 N–H and O–H groups in total. The van der Waals surface area contributed by atoms with E-state index in [0.29, 0.717) is 17.9 Å². The lowest BCUT2D eigenvalue weighted by Gasteiger charge is -2.33. The third-order valence-corrected chi connectivity index (χ3v) is 5.78. The average molecular weight is 509 g/mol. The van der Waals surface area contributed by atoms with Crippen molar-refractivity contribution < 1.29 is 5.11 Å². The summed E-state index contributed by atoms with van der Waals surface area (Å²) in [5.41, 5.74) is 0. The molecule has 1 aliphatic rings. The summed E-state index contributed by atoms with van der Waals surface area (Å²) in [6.45, 7) is 10.7. The molecule has 0 amide bonds. The second-order valence-corrected chi connectivity index (χ2v) is 8.51. The molecular formula is C20H37IN4OS. The molecule has 156 valence electrons. The Morgan fingerprint density at radius 1 is 1.37 bits per heavy atom. The third kappa shape index (κ3) is 9.00. The van der Waals surface area contributed by atoms with Crippen molar-refractivity contribution in [2.75, 3.05) is 37.7 Å². The standard InChI is InChI=1S/C20H36N4OS.HI/c1-4-21-20(22-15-17(9-12-25)14-16(2)3)23-18-7-10-24(11-8-18)19-6-5-13-26-19;/h5-6,13,16-18,25H,4,7-12,14-15H2,1-3H3,(H2,21,22,23);1H. The molecule has 1 aliphatic heterocycles. The molecule has 0 aromatic carbocycles. The molecule has 5 nitrogen and oxygen atoms in total. The van der Waals surface area contributed by atoms with Gasteiger partial charge in [-0.15, -0.1) is 35.3 Å². The van der Waals surface area contributed by atoms with Crippen molar-refractivity contribution in [1.82, 2.24) is 10.6 Å². The van der Waals surface area contributed by atoms with Gasteiger partial charge in [0.15, 0.2) is 5.96 Å². The van der Waals surface area contributed by atoms with Crippen molar-refractivity contribution in [2.24, 2.45) is 16.8 Å². The van der Waals surface area contributed by atoms with E-state index in [1.165, 1.54) is 5.00 Å². The predicted octanol–water partition coefficient (Wildman–Crippen LogP) is 3.93. The van der Waals surface area contributed by atoms with Gasteiger partial charge in [-0.1, -0.05) is 13.8 Å². The molecule has 1 unspecified atom stereocenters. The van der Waals surface area contributed by atoms with Crippen LogP contribution < -0.4 is 15.5 Å². The van der Waals surface area contributed by atoms with E-state index in [2.05, 4.69) is 53.8 Å². The molecule has 0 radical (unpaired) electrons. The van der Waals surface area contributed by atoms with Crippen LogP contribution in [0.1, 0.15) is 46.5 Å². The summed E-state index contributed by atoms with van der Waals surface area (Å²) in [5.74, 6) is 2.02. The lowest BCUT2D eigenvalue weighted by molar-refractivity contribution is 0.245. The summed E-state index contributed by atoms with van der Waals surface area (Å²) in [4.78, 5) is 7.30. The van der Waals surface area contributed by atoms with Crippen LogP contribution in [0.15, 0.2) is 22.5 Å². The van der Waals surface area contributed by atoms with Crippen molar-refractivity contribution in [1.29, 1.82) is 0 Å². The lowest BCUT2D eigenvalue weighted by atomic mass is 9.94. The van der Waals surface area contributed by atoms with Crippen LogP contribution in [0.2, 0.25) is 0 Å². The normalized spacial score (nSPS) is 16.9. The maximum Gasteiger partial charge on any atom is 0.191 e. The predicted molar refractivity (Wildman–Crippen MR) is 129 cm³/mol. The number of aliphatic imine (C=N–C) groups is 1. The van der Waals surface area contributed by atoms with Gasteiger partial charge >= 0.3 is 0 Å². The minimum absolute atomic E-state index is 0. The van der Waals surface area contributed by atoms with Crippen LogP contribution in [0.4, 0.5) is 5.00 Å². The topological polar surface area (TPSA) is 59.9 Å². The molecule has 1 aromatic heterocycles. The van der Waals surface area contributed by atoms with Gasteiger partial charge in [0.1, 0.15) is 0 Å². The highest BCUT2D eigenvalue weighted by Gasteiger charge is 2.21. The van der Waals surface area contributed by atoms with E-state index < -0.39 is 0 Å². The summed E-state index contributed by atoms with van der Waals surface area (Å²) in [5, 5.41) is 19.8. The molecule has 0 saturated carbocycles. The summed E-state index contributed by atoms with van der Waals surface area (Å²) in [6.07, 6.45) is 4.21. The minimum atomic E-state index is 0. The molecular weight excluding hydrogens is 471 g/mol. The zero-order chi connectivity index (χ0) is 18.8. The number of hydrogen-bond donors (Lipinski definition) is 3. The largest absolute Gasteiger partial charge is 0.396 e. The summed E-state index contributed by atoms with van der Waals surface area (Å²) in [6, 6.07) is 4.81.